The van der Waals surface area contributed by atoms with Crippen molar-refractivity contribution in [2.75, 3.05) is 17.7 Å². The van der Waals surface area contributed by atoms with Crippen molar-refractivity contribution in [1.29, 1.82) is 0 Å². The molecule has 104 valence electrons. The van der Waals surface area contributed by atoms with Crippen molar-refractivity contribution in [3.05, 3.63) is 56.5 Å². The number of rotatable bonds is 4. The van der Waals surface area contributed by atoms with Gasteiger partial charge in [-0.1, -0.05) is 28.1 Å². The number of halogens is 1. The van der Waals surface area contributed by atoms with Gasteiger partial charge >= 0.3 is 5.69 Å². The van der Waals surface area contributed by atoms with Crippen LogP contribution in [0.2, 0.25) is 0 Å². The van der Waals surface area contributed by atoms with Crippen LogP contribution in [0.15, 0.2) is 40.9 Å². The summed E-state index contributed by atoms with van der Waals surface area (Å²) in [4.78, 5) is 10.9. The fraction of sp³-hybridized carbons (Fsp3) is 0.143. The van der Waals surface area contributed by atoms with Gasteiger partial charge in [0.05, 0.1) is 4.92 Å². The average molecular weight is 336 g/mol. The second kappa shape index (κ2) is 5.92. The molecule has 0 bridgehead atoms. The number of nitrogens with one attached hydrogen (secondary N) is 2. The van der Waals surface area contributed by atoms with Gasteiger partial charge in [0.25, 0.3) is 0 Å². The Labute approximate surface area is 125 Å². The van der Waals surface area contributed by atoms with Gasteiger partial charge in [-0.15, -0.1) is 0 Å². The van der Waals surface area contributed by atoms with Gasteiger partial charge in [-0.3, -0.25) is 10.1 Å². The van der Waals surface area contributed by atoms with Crippen LogP contribution >= 0.6 is 15.9 Å². The molecular formula is C14H14BrN3O2. The lowest BCUT2D eigenvalue weighted by Gasteiger charge is -2.12. The molecule has 6 heteroatoms. The van der Waals surface area contributed by atoms with Crippen LogP contribution in [-0.2, 0) is 0 Å². The maximum absolute atomic E-state index is 11.3. The van der Waals surface area contributed by atoms with Gasteiger partial charge in [0.1, 0.15) is 11.4 Å². The van der Waals surface area contributed by atoms with Gasteiger partial charge in [0, 0.05) is 17.2 Å². The molecule has 0 amide bonds. The number of anilines is 3. The van der Waals surface area contributed by atoms with Crippen LogP contribution in [0.3, 0.4) is 0 Å². The van der Waals surface area contributed by atoms with Crippen LogP contribution in [0, 0.1) is 17.0 Å². The lowest BCUT2D eigenvalue weighted by Crippen LogP contribution is -2.02. The molecule has 0 spiro atoms. The van der Waals surface area contributed by atoms with E-state index in [1.54, 1.807) is 25.2 Å². The zero-order chi connectivity index (χ0) is 14.7. The van der Waals surface area contributed by atoms with Crippen LogP contribution < -0.4 is 10.6 Å². The van der Waals surface area contributed by atoms with E-state index in [2.05, 4.69) is 26.6 Å². The summed E-state index contributed by atoms with van der Waals surface area (Å²) in [5.41, 5.74) is 2.80. The number of hydrogen-bond acceptors (Lipinski definition) is 4. The Morgan fingerprint density at radius 2 is 1.70 bits per heavy atom. The molecule has 0 heterocycles. The monoisotopic (exact) mass is 335 g/mol. The largest absolute Gasteiger partial charge is 0.382 e. The van der Waals surface area contributed by atoms with E-state index in [0.29, 0.717) is 11.4 Å². The normalized spacial score (nSPS) is 10.2. The smallest absolute Gasteiger partial charge is 0.315 e. The first-order valence-corrected chi connectivity index (χ1v) is 6.81. The summed E-state index contributed by atoms with van der Waals surface area (Å²) in [5, 5.41) is 17.2. The predicted molar refractivity (Wildman–Crippen MR) is 84.8 cm³/mol. The summed E-state index contributed by atoms with van der Waals surface area (Å²) in [6, 6.07) is 10.8. The molecule has 0 saturated heterocycles. The van der Waals surface area contributed by atoms with E-state index < -0.39 is 0 Å². The van der Waals surface area contributed by atoms with E-state index in [9.17, 15) is 10.1 Å². The Morgan fingerprint density at radius 3 is 2.35 bits per heavy atom. The van der Waals surface area contributed by atoms with E-state index in [-0.39, 0.29) is 10.6 Å². The second-order valence-corrected chi connectivity index (χ2v) is 5.10. The zero-order valence-electron chi connectivity index (χ0n) is 11.1. The van der Waals surface area contributed by atoms with Gasteiger partial charge in [-0.05, 0) is 36.8 Å². The molecule has 0 atom stereocenters. The quantitative estimate of drug-likeness (QED) is 0.639. The molecule has 0 aromatic heterocycles. The molecule has 0 saturated carbocycles. The van der Waals surface area contributed by atoms with Crippen molar-refractivity contribution in [2.24, 2.45) is 0 Å². The number of hydrogen-bond donors (Lipinski definition) is 2. The summed E-state index contributed by atoms with van der Waals surface area (Å²) in [6.07, 6.45) is 0. The summed E-state index contributed by atoms with van der Waals surface area (Å²) >= 11 is 3.45. The summed E-state index contributed by atoms with van der Waals surface area (Å²) in [6.45, 7) is 1.94. The van der Waals surface area contributed by atoms with E-state index in [1.165, 1.54) is 0 Å². The number of nitro benzene ring substituents is 1. The Balaban J connectivity index is 2.48. The topological polar surface area (TPSA) is 67.2 Å². The molecule has 0 aliphatic carbocycles. The summed E-state index contributed by atoms with van der Waals surface area (Å²) < 4.78 is 0.954. The van der Waals surface area contributed by atoms with Crippen molar-refractivity contribution in [2.45, 2.75) is 6.92 Å². The highest BCUT2D eigenvalue weighted by Crippen LogP contribution is 2.36. The number of benzene rings is 2. The highest BCUT2D eigenvalue weighted by atomic mass is 79.9. The molecule has 20 heavy (non-hydrogen) atoms. The lowest BCUT2D eigenvalue weighted by molar-refractivity contribution is -0.383. The van der Waals surface area contributed by atoms with Gasteiger partial charge in [0.2, 0.25) is 0 Å². The van der Waals surface area contributed by atoms with Crippen molar-refractivity contribution in [3.8, 4) is 0 Å². The van der Waals surface area contributed by atoms with Gasteiger partial charge < -0.3 is 10.6 Å². The molecule has 0 fully saturated rings. The minimum Gasteiger partial charge on any atom is -0.382 e. The van der Waals surface area contributed by atoms with Gasteiger partial charge in [0.15, 0.2) is 0 Å². The highest BCUT2D eigenvalue weighted by molar-refractivity contribution is 9.10. The van der Waals surface area contributed by atoms with E-state index in [1.807, 2.05) is 25.1 Å². The molecule has 2 aromatic carbocycles. The van der Waals surface area contributed by atoms with Crippen LogP contribution in [-0.4, -0.2) is 12.0 Å². The van der Waals surface area contributed by atoms with E-state index in [4.69, 9.17) is 0 Å². The number of nitro groups is 1. The van der Waals surface area contributed by atoms with Crippen LogP contribution in [0.1, 0.15) is 5.56 Å². The predicted octanol–water partition coefficient (Wildman–Crippen LogP) is 4.45. The molecule has 2 N–H and O–H groups in total. The van der Waals surface area contributed by atoms with Gasteiger partial charge in [-0.25, -0.2) is 0 Å². The molecule has 0 unspecified atom stereocenters. The third-order valence-corrected chi connectivity index (χ3v) is 3.88. The Morgan fingerprint density at radius 1 is 1.10 bits per heavy atom. The van der Waals surface area contributed by atoms with E-state index in [0.717, 1.165) is 15.7 Å². The first-order chi connectivity index (χ1) is 9.54. The fourth-order valence-electron chi connectivity index (χ4n) is 1.93. The zero-order valence-corrected chi connectivity index (χ0v) is 12.7. The van der Waals surface area contributed by atoms with Crippen LogP contribution in [0.4, 0.5) is 22.7 Å². The Hall–Kier alpha value is -2.08. The van der Waals surface area contributed by atoms with Crippen molar-refractivity contribution >= 4 is 38.7 Å². The molecule has 2 rings (SSSR count). The SMILES string of the molecule is CNc1cccc(Nc2cccc(Br)c2C)c1[N+](=O)[O-]. The van der Waals surface area contributed by atoms with Crippen molar-refractivity contribution < 1.29 is 4.92 Å². The first-order valence-electron chi connectivity index (χ1n) is 6.02. The molecule has 5 nitrogen and oxygen atoms in total. The third kappa shape index (κ3) is 2.75. The highest BCUT2D eigenvalue weighted by Gasteiger charge is 2.19. The van der Waals surface area contributed by atoms with Crippen molar-refractivity contribution in [3.63, 3.8) is 0 Å². The number of nitrogens with zero attached hydrogens (tertiary/aromatic N) is 1. The first kappa shape index (κ1) is 14.3. The van der Waals surface area contributed by atoms with Gasteiger partial charge in [-0.2, -0.15) is 0 Å². The standard InChI is InChI=1S/C14H14BrN3O2/c1-9-10(15)5-3-6-11(9)17-13-8-4-7-12(16-2)14(13)18(19)20/h3-8,16-17H,1-2H3. The Kier molecular flexibility index (Phi) is 4.24. The average Bonchev–Trinajstić information content (AvgIpc) is 2.43. The Bertz CT molecular complexity index is 659. The maximum atomic E-state index is 11.3. The van der Waals surface area contributed by atoms with E-state index >= 15 is 0 Å². The lowest BCUT2D eigenvalue weighted by atomic mass is 10.1. The molecule has 0 aliphatic rings. The molecule has 0 aliphatic heterocycles. The fourth-order valence-corrected chi connectivity index (χ4v) is 2.30. The summed E-state index contributed by atoms with van der Waals surface area (Å²) in [7, 11) is 1.66. The molecule has 2 aromatic rings. The van der Waals surface area contributed by atoms with Crippen LogP contribution in [0.25, 0.3) is 0 Å². The third-order valence-electron chi connectivity index (χ3n) is 3.02. The maximum Gasteiger partial charge on any atom is 0.315 e. The molecule has 0 radical (unpaired) electrons. The summed E-state index contributed by atoms with van der Waals surface area (Å²) in [5.74, 6) is 0. The minimum atomic E-state index is -0.387. The van der Waals surface area contributed by atoms with Crippen LogP contribution in [0.5, 0.6) is 0 Å². The number of para-hydroxylation sites is 1. The second-order valence-electron chi connectivity index (χ2n) is 4.25. The minimum absolute atomic E-state index is 0.0365. The molecular weight excluding hydrogens is 322 g/mol. The van der Waals surface area contributed by atoms with Crippen molar-refractivity contribution in [1.82, 2.24) is 0 Å².